The molecule has 0 saturated carbocycles. The summed E-state index contributed by atoms with van der Waals surface area (Å²) in [6.45, 7) is 4.25. The molecule has 1 heterocycles. The highest BCUT2D eigenvalue weighted by atomic mass is 16.5. The van der Waals surface area contributed by atoms with E-state index < -0.39 is 0 Å². The molecule has 23 heavy (non-hydrogen) atoms. The summed E-state index contributed by atoms with van der Waals surface area (Å²) in [6.07, 6.45) is 1.74. The highest BCUT2D eigenvalue weighted by molar-refractivity contribution is 6.00. The van der Waals surface area contributed by atoms with Crippen molar-refractivity contribution >= 4 is 5.91 Å². The van der Waals surface area contributed by atoms with E-state index in [1.807, 2.05) is 47.4 Å². The number of nitrogens with zero attached hydrogens (tertiary/aromatic N) is 1. The maximum absolute atomic E-state index is 12.7. The molecule has 1 aliphatic heterocycles. The smallest absolute Gasteiger partial charge is 0.255 e. The van der Waals surface area contributed by atoms with Crippen LogP contribution in [-0.2, 0) is 0 Å². The number of ether oxygens (including phenoxy) is 2. The number of carbonyl (C=O) groups is 1. The number of amides is 1. The minimum atomic E-state index is -0.183. The van der Waals surface area contributed by atoms with Crippen molar-refractivity contribution in [3.63, 3.8) is 0 Å². The van der Waals surface area contributed by atoms with Gasteiger partial charge in [0.05, 0.1) is 20.3 Å². The summed E-state index contributed by atoms with van der Waals surface area (Å²) in [7, 11) is 3.24. The largest absolute Gasteiger partial charge is 0.497 e. The lowest BCUT2D eigenvalue weighted by molar-refractivity contribution is 0.0769. The molecule has 4 heteroatoms. The van der Waals surface area contributed by atoms with Gasteiger partial charge in [-0.1, -0.05) is 24.3 Å². The molecular weight excluding hydrogens is 290 g/mol. The van der Waals surface area contributed by atoms with Gasteiger partial charge in [-0.05, 0) is 23.8 Å². The predicted molar refractivity (Wildman–Crippen MR) is 89.1 cm³/mol. The fraction of sp³-hybridized carbons (Fsp3) is 0.211. The van der Waals surface area contributed by atoms with Crippen LogP contribution in [0.3, 0.4) is 0 Å². The van der Waals surface area contributed by atoms with Gasteiger partial charge in [0.25, 0.3) is 5.91 Å². The van der Waals surface area contributed by atoms with Crippen molar-refractivity contribution in [2.24, 2.45) is 0 Å². The SMILES string of the molecule is C=CCN1C(=O)c2ccccc2C1c1ccc(OC)cc1OC. The summed E-state index contributed by atoms with van der Waals surface area (Å²) < 4.78 is 10.8. The Hall–Kier alpha value is -2.75. The highest BCUT2D eigenvalue weighted by Gasteiger charge is 2.38. The molecule has 0 aromatic heterocycles. The third kappa shape index (κ3) is 2.46. The summed E-state index contributed by atoms with van der Waals surface area (Å²) in [4.78, 5) is 14.5. The zero-order valence-corrected chi connectivity index (χ0v) is 13.3. The average molecular weight is 309 g/mol. The van der Waals surface area contributed by atoms with Gasteiger partial charge in [0, 0.05) is 23.7 Å². The zero-order valence-electron chi connectivity index (χ0n) is 13.3. The number of hydrogen-bond acceptors (Lipinski definition) is 3. The molecule has 0 bridgehead atoms. The molecule has 1 amide bonds. The monoisotopic (exact) mass is 309 g/mol. The van der Waals surface area contributed by atoms with Gasteiger partial charge in [-0.15, -0.1) is 6.58 Å². The van der Waals surface area contributed by atoms with Crippen LogP contribution in [0.1, 0.15) is 27.5 Å². The van der Waals surface area contributed by atoms with E-state index in [9.17, 15) is 4.79 Å². The van der Waals surface area contributed by atoms with Crippen LogP contribution in [0.5, 0.6) is 11.5 Å². The molecule has 0 radical (unpaired) electrons. The molecule has 1 aliphatic rings. The fourth-order valence-corrected chi connectivity index (χ4v) is 3.08. The van der Waals surface area contributed by atoms with Gasteiger partial charge >= 0.3 is 0 Å². The van der Waals surface area contributed by atoms with Crippen molar-refractivity contribution < 1.29 is 14.3 Å². The molecule has 0 N–H and O–H groups in total. The number of hydrogen-bond donors (Lipinski definition) is 0. The van der Waals surface area contributed by atoms with Gasteiger partial charge in [-0.2, -0.15) is 0 Å². The standard InChI is InChI=1S/C19H19NO3/c1-4-11-20-18(14-7-5-6-8-15(14)19(20)21)16-10-9-13(22-2)12-17(16)23-3/h4-10,12,18H,1,11H2,2-3H3. The lowest BCUT2D eigenvalue weighted by atomic mass is 9.97. The quantitative estimate of drug-likeness (QED) is 0.794. The summed E-state index contributed by atoms with van der Waals surface area (Å²) in [5.41, 5.74) is 2.66. The predicted octanol–water partition coefficient (Wildman–Crippen LogP) is 3.44. The van der Waals surface area contributed by atoms with E-state index in [1.54, 1.807) is 20.3 Å². The maximum atomic E-state index is 12.7. The number of benzene rings is 2. The van der Waals surface area contributed by atoms with E-state index in [0.717, 1.165) is 22.4 Å². The lowest BCUT2D eigenvalue weighted by Crippen LogP contribution is -2.29. The Morgan fingerprint density at radius 1 is 1.13 bits per heavy atom. The van der Waals surface area contributed by atoms with Crippen LogP contribution in [0.2, 0.25) is 0 Å². The van der Waals surface area contributed by atoms with Gasteiger partial charge in [0.2, 0.25) is 0 Å². The molecule has 1 atom stereocenters. The Balaban J connectivity index is 2.16. The molecule has 2 aromatic rings. The maximum Gasteiger partial charge on any atom is 0.255 e. The summed E-state index contributed by atoms with van der Waals surface area (Å²) in [5, 5.41) is 0. The number of methoxy groups -OCH3 is 2. The van der Waals surface area contributed by atoms with Crippen LogP contribution in [0.15, 0.2) is 55.1 Å². The second-order valence-corrected chi connectivity index (χ2v) is 5.34. The number of rotatable bonds is 5. The van der Waals surface area contributed by atoms with E-state index in [0.29, 0.717) is 12.3 Å². The first kappa shape index (κ1) is 15.2. The zero-order chi connectivity index (χ0) is 16.4. The molecular formula is C19H19NO3. The number of carbonyl (C=O) groups excluding carboxylic acids is 1. The lowest BCUT2D eigenvalue weighted by Gasteiger charge is -2.26. The van der Waals surface area contributed by atoms with Crippen LogP contribution in [0.4, 0.5) is 0 Å². The van der Waals surface area contributed by atoms with E-state index in [2.05, 4.69) is 6.58 Å². The van der Waals surface area contributed by atoms with Gasteiger partial charge in [0.1, 0.15) is 11.5 Å². The average Bonchev–Trinajstić information content (AvgIpc) is 2.87. The Bertz CT molecular complexity index is 754. The van der Waals surface area contributed by atoms with Gasteiger partial charge in [-0.25, -0.2) is 0 Å². The molecule has 4 nitrogen and oxygen atoms in total. The second-order valence-electron chi connectivity index (χ2n) is 5.34. The van der Waals surface area contributed by atoms with Gasteiger partial charge < -0.3 is 14.4 Å². The first-order valence-electron chi connectivity index (χ1n) is 7.44. The van der Waals surface area contributed by atoms with Crippen molar-refractivity contribution in [2.45, 2.75) is 6.04 Å². The highest BCUT2D eigenvalue weighted by Crippen LogP contribution is 2.42. The van der Waals surface area contributed by atoms with E-state index in [1.165, 1.54) is 0 Å². The van der Waals surface area contributed by atoms with Crippen molar-refractivity contribution in [1.29, 1.82) is 0 Å². The topological polar surface area (TPSA) is 38.8 Å². The number of fused-ring (bicyclic) bond motifs is 1. The normalized spacial score (nSPS) is 16.2. The van der Waals surface area contributed by atoms with Crippen LogP contribution in [0.25, 0.3) is 0 Å². The molecule has 118 valence electrons. The van der Waals surface area contributed by atoms with E-state index in [4.69, 9.17) is 9.47 Å². The Morgan fingerprint density at radius 3 is 2.61 bits per heavy atom. The fourth-order valence-electron chi connectivity index (χ4n) is 3.08. The third-order valence-electron chi connectivity index (χ3n) is 4.12. The summed E-state index contributed by atoms with van der Waals surface area (Å²) in [5.74, 6) is 1.44. The minimum Gasteiger partial charge on any atom is -0.497 e. The molecule has 3 rings (SSSR count). The molecule has 0 spiro atoms. The Labute approximate surface area is 135 Å². The van der Waals surface area contributed by atoms with Crippen molar-refractivity contribution in [2.75, 3.05) is 20.8 Å². The van der Waals surface area contributed by atoms with E-state index in [-0.39, 0.29) is 11.9 Å². The van der Waals surface area contributed by atoms with Crippen molar-refractivity contribution in [3.8, 4) is 11.5 Å². The molecule has 1 unspecified atom stereocenters. The summed E-state index contributed by atoms with van der Waals surface area (Å²) in [6, 6.07) is 13.2. The van der Waals surface area contributed by atoms with Crippen LogP contribution in [0, 0.1) is 0 Å². The van der Waals surface area contributed by atoms with Crippen molar-refractivity contribution in [3.05, 3.63) is 71.8 Å². The molecule has 0 aliphatic carbocycles. The van der Waals surface area contributed by atoms with Crippen LogP contribution >= 0.6 is 0 Å². The summed E-state index contributed by atoms with van der Waals surface area (Å²) >= 11 is 0. The first-order chi connectivity index (χ1) is 11.2. The molecule has 0 fully saturated rings. The molecule has 0 saturated heterocycles. The molecule has 2 aromatic carbocycles. The first-order valence-corrected chi connectivity index (χ1v) is 7.44. The van der Waals surface area contributed by atoms with Gasteiger partial charge in [-0.3, -0.25) is 4.79 Å². The third-order valence-corrected chi connectivity index (χ3v) is 4.12. The minimum absolute atomic E-state index is 0.0170. The van der Waals surface area contributed by atoms with E-state index >= 15 is 0 Å². The Morgan fingerprint density at radius 2 is 1.91 bits per heavy atom. The second kappa shape index (κ2) is 6.16. The van der Waals surface area contributed by atoms with Crippen molar-refractivity contribution in [1.82, 2.24) is 4.90 Å². The Kier molecular flexibility index (Phi) is 4.06. The van der Waals surface area contributed by atoms with Crippen LogP contribution in [-0.4, -0.2) is 31.6 Å². The van der Waals surface area contributed by atoms with Crippen LogP contribution < -0.4 is 9.47 Å². The van der Waals surface area contributed by atoms with Gasteiger partial charge in [0.15, 0.2) is 0 Å².